The highest BCUT2D eigenvalue weighted by Crippen LogP contribution is 2.14. The Balaban J connectivity index is 2.05. The number of carbonyl (C=O) groups is 3. The highest BCUT2D eigenvalue weighted by atomic mass is 16.2. The first kappa shape index (κ1) is 21.2. The second-order valence-corrected chi connectivity index (χ2v) is 7.05. The van der Waals surface area contributed by atoms with Gasteiger partial charge in [0, 0.05) is 18.3 Å². The number of rotatable bonds is 7. The van der Waals surface area contributed by atoms with Gasteiger partial charge >= 0.3 is 0 Å². The molecule has 0 spiro atoms. The molecule has 0 bridgehead atoms. The van der Waals surface area contributed by atoms with E-state index in [1.165, 1.54) is 0 Å². The summed E-state index contributed by atoms with van der Waals surface area (Å²) in [7, 11) is 1.59. The van der Waals surface area contributed by atoms with Gasteiger partial charge in [-0.15, -0.1) is 0 Å². The molecule has 0 aliphatic rings. The molecule has 148 valence electrons. The summed E-state index contributed by atoms with van der Waals surface area (Å²) in [6, 6.07) is 13.7. The van der Waals surface area contributed by atoms with Gasteiger partial charge in [-0.3, -0.25) is 14.4 Å². The van der Waals surface area contributed by atoms with Gasteiger partial charge in [0.1, 0.15) is 6.04 Å². The van der Waals surface area contributed by atoms with Crippen molar-refractivity contribution in [3.8, 4) is 0 Å². The van der Waals surface area contributed by atoms with Crippen molar-refractivity contribution in [3.63, 3.8) is 0 Å². The van der Waals surface area contributed by atoms with Crippen LogP contribution >= 0.6 is 0 Å². The Labute approximate surface area is 165 Å². The van der Waals surface area contributed by atoms with E-state index in [0.29, 0.717) is 11.3 Å². The summed E-state index contributed by atoms with van der Waals surface area (Å²) in [5.41, 5.74) is 2.88. The summed E-state index contributed by atoms with van der Waals surface area (Å²) in [6.07, 6.45) is 0.284. The van der Waals surface area contributed by atoms with E-state index < -0.39 is 6.04 Å². The van der Waals surface area contributed by atoms with Crippen LogP contribution in [-0.4, -0.2) is 30.8 Å². The van der Waals surface area contributed by atoms with Crippen LogP contribution in [0.5, 0.6) is 0 Å². The van der Waals surface area contributed by atoms with E-state index in [-0.39, 0.29) is 30.1 Å². The molecular formula is C22H27N3O3. The average molecular weight is 381 g/mol. The largest absolute Gasteiger partial charge is 0.359 e. The molecule has 6 heteroatoms. The van der Waals surface area contributed by atoms with Crippen LogP contribution in [0.4, 0.5) is 5.69 Å². The molecule has 3 N–H and O–H groups in total. The van der Waals surface area contributed by atoms with Gasteiger partial charge in [0.25, 0.3) is 5.91 Å². The SMILES string of the molecule is CNC(=O)Cc1ccc(NC(=O)C(NC(=O)c2ccccc2C)C(C)C)cc1. The molecule has 0 radical (unpaired) electrons. The highest BCUT2D eigenvalue weighted by molar-refractivity contribution is 6.01. The average Bonchev–Trinajstić information content (AvgIpc) is 2.67. The van der Waals surface area contributed by atoms with E-state index >= 15 is 0 Å². The van der Waals surface area contributed by atoms with Crippen molar-refractivity contribution in [1.29, 1.82) is 0 Å². The Morgan fingerprint density at radius 3 is 2.18 bits per heavy atom. The maximum Gasteiger partial charge on any atom is 0.252 e. The van der Waals surface area contributed by atoms with Crippen LogP contribution in [0.3, 0.4) is 0 Å². The maximum absolute atomic E-state index is 12.7. The van der Waals surface area contributed by atoms with Gasteiger partial charge in [-0.05, 0) is 42.2 Å². The molecule has 3 amide bonds. The fourth-order valence-electron chi connectivity index (χ4n) is 2.78. The van der Waals surface area contributed by atoms with Gasteiger partial charge in [-0.25, -0.2) is 0 Å². The summed E-state index contributed by atoms with van der Waals surface area (Å²) in [6.45, 7) is 5.63. The Morgan fingerprint density at radius 2 is 1.61 bits per heavy atom. The smallest absolute Gasteiger partial charge is 0.252 e. The third-order valence-electron chi connectivity index (χ3n) is 4.49. The minimum Gasteiger partial charge on any atom is -0.359 e. The van der Waals surface area contributed by atoms with Crippen LogP contribution in [0.15, 0.2) is 48.5 Å². The van der Waals surface area contributed by atoms with E-state index in [0.717, 1.165) is 11.1 Å². The number of carbonyl (C=O) groups excluding carboxylic acids is 3. The van der Waals surface area contributed by atoms with Crippen molar-refractivity contribution < 1.29 is 14.4 Å². The number of likely N-dealkylation sites (N-methyl/N-ethyl adjacent to an activating group) is 1. The molecule has 2 rings (SSSR count). The maximum atomic E-state index is 12.7. The fourth-order valence-corrected chi connectivity index (χ4v) is 2.78. The first-order chi connectivity index (χ1) is 13.3. The monoisotopic (exact) mass is 381 g/mol. The van der Waals surface area contributed by atoms with E-state index in [1.54, 1.807) is 43.4 Å². The molecule has 0 saturated heterocycles. The number of aryl methyl sites for hydroxylation is 1. The first-order valence-corrected chi connectivity index (χ1v) is 9.28. The predicted molar refractivity (Wildman–Crippen MR) is 110 cm³/mol. The molecule has 2 aromatic carbocycles. The molecule has 28 heavy (non-hydrogen) atoms. The number of amides is 3. The second-order valence-electron chi connectivity index (χ2n) is 7.05. The molecular weight excluding hydrogens is 354 g/mol. The van der Waals surface area contributed by atoms with Crippen LogP contribution in [0.25, 0.3) is 0 Å². The fraction of sp³-hybridized carbons (Fsp3) is 0.318. The quantitative estimate of drug-likeness (QED) is 0.689. The van der Waals surface area contributed by atoms with Crippen molar-refractivity contribution >= 4 is 23.4 Å². The number of hydrogen-bond acceptors (Lipinski definition) is 3. The Bertz CT molecular complexity index is 844. The topological polar surface area (TPSA) is 87.3 Å². The van der Waals surface area contributed by atoms with Crippen molar-refractivity contribution in [2.24, 2.45) is 5.92 Å². The zero-order valence-corrected chi connectivity index (χ0v) is 16.7. The summed E-state index contributed by atoms with van der Waals surface area (Å²) in [5.74, 6) is -0.708. The Morgan fingerprint density at radius 1 is 0.964 bits per heavy atom. The van der Waals surface area contributed by atoms with Crippen LogP contribution in [-0.2, 0) is 16.0 Å². The zero-order chi connectivity index (χ0) is 20.7. The van der Waals surface area contributed by atoms with Gasteiger partial charge in [-0.2, -0.15) is 0 Å². The minimum atomic E-state index is -0.669. The molecule has 0 fully saturated rings. The number of hydrogen-bond donors (Lipinski definition) is 3. The second kappa shape index (κ2) is 9.69. The lowest BCUT2D eigenvalue weighted by atomic mass is 10.0. The van der Waals surface area contributed by atoms with Crippen molar-refractivity contribution in [2.75, 3.05) is 12.4 Å². The van der Waals surface area contributed by atoms with Crippen LogP contribution < -0.4 is 16.0 Å². The zero-order valence-electron chi connectivity index (χ0n) is 16.7. The first-order valence-electron chi connectivity index (χ1n) is 9.28. The normalized spacial score (nSPS) is 11.6. The van der Waals surface area contributed by atoms with E-state index in [1.807, 2.05) is 32.9 Å². The van der Waals surface area contributed by atoms with Gasteiger partial charge in [0.15, 0.2) is 0 Å². The molecule has 1 unspecified atom stereocenters. The Hall–Kier alpha value is -3.15. The summed E-state index contributed by atoms with van der Waals surface area (Å²) >= 11 is 0. The summed E-state index contributed by atoms with van der Waals surface area (Å²) < 4.78 is 0. The number of anilines is 1. The van der Waals surface area contributed by atoms with Crippen LogP contribution in [0.1, 0.15) is 35.3 Å². The number of benzene rings is 2. The number of nitrogens with one attached hydrogen (secondary N) is 3. The van der Waals surface area contributed by atoms with E-state index in [4.69, 9.17) is 0 Å². The Kier molecular flexibility index (Phi) is 7.32. The summed E-state index contributed by atoms with van der Waals surface area (Å²) in [4.78, 5) is 36.7. The third kappa shape index (κ3) is 5.67. The molecule has 0 aliphatic carbocycles. The molecule has 6 nitrogen and oxygen atoms in total. The molecule has 0 aromatic heterocycles. The van der Waals surface area contributed by atoms with Crippen molar-refractivity contribution in [2.45, 2.75) is 33.2 Å². The molecule has 0 heterocycles. The van der Waals surface area contributed by atoms with E-state index in [9.17, 15) is 14.4 Å². The van der Waals surface area contributed by atoms with Crippen molar-refractivity contribution in [3.05, 3.63) is 65.2 Å². The highest BCUT2D eigenvalue weighted by Gasteiger charge is 2.25. The molecule has 1 atom stereocenters. The lowest BCUT2D eigenvalue weighted by Gasteiger charge is -2.22. The van der Waals surface area contributed by atoms with Crippen LogP contribution in [0, 0.1) is 12.8 Å². The van der Waals surface area contributed by atoms with E-state index in [2.05, 4.69) is 16.0 Å². The van der Waals surface area contributed by atoms with Crippen molar-refractivity contribution in [1.82, 2.24) is 10.6 Å². The van der Waals surface area contributed by atoms with Gasteiger partial charge in [0.2, 0.25) is 11.8 Å². The summed E-state index contributed by atoms with van der Waals surface area (Å²) in [5, 5.41) is 8.24. The minimum absolute atomic E-state index is 0.0735. The lowest BCUT2D eigenvalue weighted by molar-refractivity contribution is -0.120. The molecule has 0 aliphatic heterocycles. The van der Waals surface area contributed by atoms with Gasteiger partial charge in [-0.1, -0.05) is 44.2 Å². The lowest BCUT2D eigenvalue weighted by Crippen LogP contribution is -2.47. The van der Waals surface area contributed by atoms with Gasteiger partial charge < -0.3 is 16.0 Å². The standard InChI is InChI=1S/C22H27N3O3/c1-14(2)20(25-21(27)18-8-6-5-7-15(18)3)22(28)24-17-11-9-16(10-12-17)13-19(26)23-4/h5-12,14,20H,13H2,1-4H3,(H,23,26)(H,24,28)(H,25,27). The van der Waals surface area contributed by atoms with Gasteiger partial charge in [0.05, 0.1) is 6.42 Å². The molecule has 0 saturated carbocycles. The third-order valence-corrected chi connectivity index (χ3v) is 4.49. The molecule has 2 aromatic rings. The van der Waals surface area contributed by atoms with Crippen LogP contribution in [0.2, 0.25) is 0 Å². The predicted octanol–water partition coefficient (Wildman–Crippen LogP) is 2.68.